The van der Waals surface area contributed by atoms with E-state index in [1.807, 2.05) is 11.6 Å². The standard InChI is InChI=1S/C15H21N5/c1-20-10-17-19-15(20)11-5-7-13(8-6-11)18-14-4-2-3-12(16)9-14/h5-8,10,12,14,18H,2-4,9,16H2,1H3. The van der Waals surface area contributed by atoms with E-state index in [1.54, 1.807) is 6.33 Å². The molecule has 5 nitrogen and oxygen atoms in total. The molecule has 1 saturated carbocycles. The van der Waals surface area contributed by atoms with Crippen LogP contribution in [-0.2, 0) is 7.05 Å². The molecule has 1 aliphatic carbocycles. The number of rotatable bonds is 3. The quantitative estimate of drug-likeness (QED) is 0.897. The van der Waals surface area contributed by atoms with Crippen molar-refractivity contribution in [2.75, 3.05) is 5.32 Å². The van der Waals surface area contributed by atoms with Gasteiger partial charge in [-0.1, -0.05) is 0 Å². The van der Waals surface area contributed by atoms with Crippen LogP contribution in [0.15, 0.2) is 30.6 Å². The molecule has 0 bridgehead atoms. The van der Waals surface area contributed by atoms with Gasteiger partial charge in [0.15, 0.2) is 5.82 Å². The molecule has 1 fully saturated rings. The molecular weight excluding hydrogens is 250 g/mol. The largest absolute Gasteiger partial charge is 0.382 e. The van der Waals surface area contributed by atoms with Crippen LogP contribution in [0.3, 0.4) is 0 Å². The van der Waals surface area contributed by atoms with Crippen LogP contribution in [0.25, 0.3) is 11.4 Å². The van der Waals surface area contributed by atoms with Crippen molar-refractivity contribution in [1.29, 1.82) is 0 Å². The van der Waals surface area contributed by atoms with Gasteiger partial charge in [0, 0.05) is 30.4 Å². The van der Waals surface area contributed by atoms with Crippen molar-refractivity contribution in [3.63, 3.8) is 0 Å². The maximum absolute atomic E-state index is 6.03. The summed E-state index contributed by atoms with van der Waals surface area (Å²) >= 11 is 0. The highest BCUT2D eigenvalue weighted by Gasteiger charge is 2.18. The smallest absolute Gasteiger partial charge is 0.163 e. The van der Waals surface area contributed by atoms with Gasteiger partial charge in [-0.3, -0.25) is 0 Å². The van der Waals surface area contributed by atoms with E-state index in [-0.39, 0.29) is 0 Å². The summed E-state index contributed by atoms with van der Waals surface area (Å²) in [7, 11) is 1.95. The minimum Gasteiger partial charge on any atom is -0.382 e. The summed E-state index contributed by atoms with van der Waals surface area (Å²) in [4.78, 5) is 0. The van der Waals surface area contributed by atoms with Crippen molar-refractivity contribution in [3.8, 4) is 11.4 Å². The first-order chi connectivity index (χ1) is 9.72. The van der Waals surface area contributed by atoms with Crippen LogP contribution in [0.5, 0.6) is 0 Å². The third-order valence-corrected chi connectivity index (χ3v) is 3.94. The van der Waals surface area contributed by atoms with E-state index in [0.717, 1.165) is 29.9 Å². The number of anilines is 1. The Morgan fingerprint density at radius 1 is 1.25 bits per heavy atom. The van der Waals surface area contributed by atoms with Crippen molar-refractivity contribution >= 4 is 5.69 Å². The van der Waals surface area contributed by atoms with Gasteiger partial charge in [-0.2, -0.15) is 0 Å². The molecule has 1 aliphatic rings. The van der Waals surface area contributed by atoms with Crippen LogP contribution in [0.4, 0.5) is 5.69 Å². The van der Waals surface area contributed by atoms with Crippen LogP contribution in [0.1, 0.15) is 25.7 Å². The number of hydrogen-bond donors (Lipinski definition) is 2. The highest BCUT2D eigenvalue weighted by molar-refractivity contribution is 5.59. The molecule has 1 aromatic heterocycles. The zero-order valence-corrected chi connectivity index (χ0v) is 11.8. The number of aromatic nitrogens is 3. The molecule has 0 saturated heterocycles. The molecule has 0 aliphatic heterocycles. The first kappa shape index (κ1) is 13.1. The molecule has 2 unspecified atom stereocenters. The van der Waals surface area contributed by atoms with E-state index in [2.05, 4.69) is 39.8 Å². The number of hydrogen-bond acceptors (Lipinski definition) is 4. The molecule has 3 rings (SSSR count). The lowest BCUT2D eigenvalue weighted by molar-refractivity contribution is 0.409. The number of nitrogens with two attached hydrogens (primary N) is 1. The highest BCUT2D eigenvalue weighted by atomic mass is 15.2. The first-order valence-corrected chi connectivity index (χ1v) is 7.19. The van der Waals surface area contributed by atoms with E-state index in [4.69, 9.17) is 5.73 Å². The molecule has 0 radical (unpaired) electrons. The molecule has 0 amide bonds. The van der Waals surface area contributed by atoms with Gasteiger partial charge >= 0.3 is 0 Å². The molecule has 5 heteroatoms. The monoisotopic (exact) mass is 271 g/mol. The van der Waals surface area contributed by atoms with E-state index in [1.165, 1.54) is 12.8 Å². The lowest BCUT2D eigenvalue weighted by atomic mass is 9.91. The minimum absolute atomic E-state index is 0.346. The number of nitrogens with one attached hydrogen (secondary N) is 1. The average molecular weight is 271 g/mol. The number of benzene rings is 1. The maximum atomic E-state index is 6.03. The van der Waals surface area contributed by atoms with Crippen LogP contribution in [0, 0.1) is 0 Å². The highest BCUT2D eigenvalue weighted by Crippen LogP contribution is 2.23. The van der Waals surface area contributed by atoms with Crippen molar-refractivity contribution in [2.45, 2.75) is 37.8 Å². The van der Waals surface area contributed by atoms with E-state index >= 15 is 0 Å². The average Bonchev–Trinajstić information content (AvgIpc) is 2.86. The van der Waals surface area contributed by atoms with Gasteiger partial charge in [-0.05, 0) is 49.9 Å². The fourth-order valence-electron chi connectivity index (χ4n) is 2.85. The van der Waals surface area contributed by atoms with Crippen molar-refractivity contribution in [2.24, 2.45) is 12.8 Å². The molecule has 20 heavy (non-hydrogen) atoms. The van der Waals surface area contributed by atoms with E-state index < -0.39 is 0 Å². The summed E-state index contributed by atoms with van der Waals surface area (Å²) in [6, 6.07) is 9.21. The minimum atomic E-state index is 0.346. The Labute approximate surface area is 119 Å². The number of nitrogens with zero attached hydrogens (tertiary/aromatic N) is 3. The molecular formula is C15H21N5. The molecule has 2 atom stereocenters. The van der Waals surface area contributed by atoms with E-state index in [9.17, 15) is 0 Å². The van der Waals surface area contributed by atoms with Gasteiger partial charge in [-0.25, -0.2) is 0 Å². The summed E-state index contributed by atoms with van der Waals surface area (Å²) in [5.41, 5.74) is 8.25. The Kier molecular flexibility index (Phi) is 3.69. The Bertz CT molecular complexity index is 560. The second kappa shape index (κ2) is 5.63. The van der Waals surface area contributed by atoms with Crippen molar-refractivity contribution in [3.05, 3.63) is 30.6 Å². The Hall–Kier alpha value is -1.88. The van der Waals surface area contributed by atoms with Crippen molar-refractivity contribution < 1.29 is 0 Å². The van der Waals surface area contributed by atoms with Gasteiger partial charge in [0.1, 0.15) is 6.33 Å². The van der Waals surface area contributed by atoms with Crippen LogP contribution < -0.4 is 11.1 Å². The van der Waals surface area contributed by atoms with E-state index in [0.29, 0.717) is 12.1 Å². The number of aryl methyl sites for hydroxylation is 1. The second-order valence-electron chi connectivity index (χ2n) is 5.61. The van der Waals surface area contributed by atoms with Crippen LogP contribution in [-0.4, -0.2) is 26.8 Å². The fourth-order valence-corrected chi connectivity index (χ4v) is 2.85. The molecule has 0 spiro atoms. The zero-order valence-electron chi connectivity index (χ0n) is 11.8. The Morgan fingerprint density at radius 3 is 2.70 bits per heavy atom. The molecule has 106 valence electrons. The maximum Gasteiger partial charge on any atom is 0.163 e. The molecule has 1 aromatic carbocycles. The topological polar surface area (TPSA) is 68.8 Å². The van der Waals surface area contributed by atoms with Crippen molar-refractivity contribution in [1.82, 2.24) is 14.8 Å². The first-order valence-electron chi connectivity index (χ1n) is 7.19. The summed E-state index contributed by atoms with van der Waals surface area (Å²) < 4.78 is 1.92. The Morgan fingerprint density at radius 2 is 2.05 bits per heavy atom. The summed E-state index contributed by atoms with van der Waals surface area (Å²) in [5.74, 6) is 0.885. The third kappa shape index (κ3) is 2.82. The van der Waals surface area contributed by atoms with Crippen LogP contribution >= 0.6 is 0 Å². The second-order valence-corrected chi connectivity index (χ2v) is 5.61. The third-order valence-electron chi connectivity index (χ3n) is 3.94. The van der Waals surface area contributed by atoms with Gasteiger partial charge in [0.2, 0.25) is 0 Å². The lowest BCUT2D eigenvalue weighted by Crippen LogP contribution is -2.34. The summed E-state index contributed by atoms with van der Waals surface area (Å²) in [6.07, 6.45) is 6.35. The predicted molar refractivity (Wildman–Crippen MR) is 80.3 cm³/mol. The lowest BCUT2D eigenvalue weighted by Gasteiger charge is -2.28. The summed E-state index contributed by atoms with van der Waals surface area (Å²) in [6.45, 7) is 0. The summed E-state index contributed by atoms with van der Waals surface area (Å²) in [5, 5.41) is 11.6. The predicted octanol–water partition coefficient (Wildman–Crippen LogP) is 2.16. The van der Waals surface area contributed by atoms with Gasteiger partial charge in [-0.15, -0.1) is 10.2 Å². The van der Waals surface area contributed by atoms with Gasteiger partial charge in [0.25, 0.3) is 0 Å². The normalized spacial score (nSPS) is 22.7. The zero-order chi connectivity index (χ0) is 13.9. The fraction of sp³-hybridized carbons (Fsp3) is 0.467. The Balaban J connectivity index is 1.69. The SMILES string of the molecule is Cn1cnnc1-c1ccc(NC2CCCC(N)C2)cc1. The van der Waals surface area contributed by atoms with Gasteiger partial charge in [0.05, 0.1) is 0 Å². The van der Waals surface area contributed by atoms with Gasteiger partial charge < -0.3 is 15.6 Å². The molecule has 2 aromatic rings. The molecule has 1 heterocycles. The molecule has 3 N–H and O–H groups in total. The van der Waals surface area contributed by atoms with Crippen LogP contribution in [0.2, 0.25) is 0 Å².